The highest BCUT2D eigenvalue weighted by atomic mass is 32.2. The zero-order chi connectivity index (χ0) is 23.0. The number of methoxy groups -OCH3 is 1. The lowest BCUT2D eigenvalue weighted by Crippen LogP contribution is -2.20. The number of nitrogens with one attached hydrogen (secondary N) is 1. The number of phenols is 1. The molecule has 0 spiro atoms. The number of amides is 1. The lowest BCUT2D eigenvalue weighted by atomic mass is 10.2. The molecule has 0 aliphatic carbocycles. The second-order valence-electron chi connectivity index (χ2n) is 6.85. The van der Waals surface area contributed by atoms with Crippen molar-refractivity contribution in [1.29, 1.82) is 0 Å². The lowest BCUT2D eigenvalue weighted by molar-refractivity contribution is -0.118. The summed E-state index contributed by atoms with van der Waals surface area (Å²) in [5, 5.41) is 22.9. The highest BCUT2D eigenvalue weighted by Gasteiger charge is 2.17. The summed E-state index contributed by atoms with van der Waals surface area (Å²) in [6.07, 6.45) is 1.39. The lowest BCUT2D eigenvalue weighted by Gasteiger charge is -2.10. The SMILES string of the molecule is COc1ccc(-c2nnc(SCC(=O)N/N=C\c3ccccc3O)n2-c2ccccc2)cc1. The number of hydrogen-bond acceptors (Lipinski definition) is 7. The summed E-state index contributed by atoms with van der Waals surface area (Å²) in [7, 11) is 1.62. The van der Waals surface area contributed by atoms with Crippen molar-refractivity contribution in [2.75, 3.05) is 12.9 Å². The Morgan fingerprint density at radius 1 is 1.06 bits per heavy atom. The van der Waals surface area contributed by atoms with Crippen LogP contribution in [-0.2, 0) is 4.79 Å². The Balaban J connectivity index is 1.51. The minimum absolute atomic E-state index is 0.0890. The number of hydrogen-bond donors (Lipinski definition) is 2. The van der Waals surface area contributed by atoms with Crippen LogP contribution >= 0.6 is 11.8 Å². The number of ether oxygens (including phenoxy) is 1. The van der Waals surface area contributed by atoms with Gasteiger partial charge in [0.2, 0.25) is 0 Å². The molecule has 0 unspecified atom stereocenters. The van der Waals surface area contributed by atoms with Crippen LogP contribution in [0.5, 0.6) is 11.5 Å². The third kappa shape index (κ3) is 5.39. The molecule has 1 amide bonds. The van der Waals surface area contributed by atoms with Crippen LogP contribution in [0.4, 0.5) is 0 Å². The zero-order valence-electron chi connectivity index (χ0n) is 17.8. The smallest absolute Gasteiger partial charge is 0.250 e. The number of carbonyl (C=O) groups is 1. The molecule has 1 heterocycles. The first-order valence-corrected chi connectivity index (χ1v) is 11.0. The molecule has 2 N–H and O–H groups in total. The molecule has 0 aliphatic rings. The summed E-state index contributed by atoms with van der Waals surface area (Å²) < 4.78 is 7.15. The monoisotopic (exact) mass is 459 g/mol. The molecule has 0 bridgehead atoms. The highest BCUT2D eigenvalue weighted by molar-refractivity contribution is 7.99. The highest BCUT2D eigenvalue weighted by Crippen LogP contribution is 2.28. The largest absolute Gasteiger partial charge is 0.507 e. The Bertz CT molecular complexity index is 1260. The van der Waals surface area contributed by atoms with Crippen molar-refractivity contribution in [3.63, 3.8) is 0 Å². The van der Waals surface area contributed by atoms with Gasteiger partial charge in [-0.1, -0.05) is 42.1 Å². The number of hydrazone groups is 1. The number of aromatic hydroxyl groups is 1. The molecule has 0 fully saturated rings. The Morgan fingerprint density at radius 3 is 2.52 bits per heavy atom. The van der Waals surface area contributed by atoms with Crippen LogP contribution in [0.2, 0.25) is 0 Å². The molecular formula is C24H21N5O3S. The van der Waals surface area contributed by atoms with E-state index >= 15 is 0 Å². The van der Waals surface area contributed by atoms with Crippen molar-refractivity contribution in [3.05, 3.63) is 84.4 Å². The van der Waals surface area contributed by atoms with Gasteiger partial charge in [0.1, 0.15) is 11.5 Å². The maximum absolute atomic E-state index is 12.3. The van der Waals surface area contributed by atoms with Crippen molar-refractivity contribution in [2.45, 2.75) is 5.16 Å². The van der Waals surface area contributed by atoms with Crippen LogP contribution in [0, 0.1) is 0 Å². The zero-order valence-corrected chi connectivity index (χ0v) is 18.6. The second-order valence-corrected chi connectivity index (χ2v) is 7.79. The van der Waals surface area contributed by atoms with Gasteiger partial charge in [-0.25, -0.2) is 5.43 Å². The molecule has 166 valence electrons. The summed E-state index contributed by atoms with van der Waals surface area (Å²) in [6.45, 7) is 0. The van der Waals surface area contributed by atoms with E-state index in [1.165, 1.54) is 18.0 Å². The topological polar surface area (TPSA) is 102 Å². The Hall–Kier alpha value is -4.11. The van der Waals surface area contributed by atoms with Crippen LogP contribution in [-0.4, -0.2) is 44.9 Å². The summed E-state index contributed by atoms with van der Waals surface area (Å²) in [5.41, 5.74) is 4.73. The fourth-order valence-electron chi connectivity index (χ4n) is 3.03. The summed E-state index contributed by atoms with van der Waals surface area (Å²) >= 11 is 1.25. The van der Waals surface area contributed by atoms with E-state index in [2.05, 4.69) is 20.7 Å². The average Bonchev–Trinajstić information content (AvgIpc) is 3.28. The molecule has 8 nitrogen and oxygen atoms in total. The third-order valence-corrected chi connectivity index (χ3v) is 5.59. The second kappa shape index (κ2) is 10.5. The van der Waals surface area contributed by atoms with E-state index in [0.717, 1.165) is 17.0 Å². The van der Waals surface area contributed by atoms with Crippen molar-refractivity contribution in [3.8, 4) is 28.6 Å². The molecule has 0 aliphatic heterocycles. The molecule has 0 atom stereocenters. The first-order valence-electron chi connectivity index (χ1n) is 10.0. The first kappa shape index (κ1) is 22.1. The van der Waals surface area contributed by atoms with Crippen molar-refractivity contribution >= 4 is 23.9 Å². The van der Waals surface area contributed by atoms with Gasteiger partial charge in [0.15, 0.2) is 11.0 Å². The standard InChI is InChI=1S/C24H21N5O3S/c1-32-20-13-11-17(12-14-20)23-27-28-24(29(23)19-8-3-2-4-9-19)33-16-22(31)26-25-15-18-7-5-6-10-21(18)30/h2-15,30H,16H2,1H3,(H,26,31)/b25-15-. The van der Waals surface area contributed by atoms with E-state index in [1.807, 2.05) is 59.2 Å². The fraction of sp³-hybridized carbons (Fsp3) is 0.0833. The predicted molar refractivity (Wildman–Crippen MR) is 128 cm³/mol. The maximum Gasteiger partial charge on any atom is 0.250 e. The Morgan fingerprint density at radius 2 is 1.79 bits per heavy atom. The van der Waals surface area contributed by atoms with E-state index in [0.29, 0.717) is 16.5 Å². The van der Waals surface area contributed by atoms with E-state index in [4.69, 9.17) is 4.74 Å². The fourth-order valence-corrected chi connectivity index (χ4v) is 3.78. The average molecular weight is 460 g/mol. The summed E-state index contributed by atoms with van der Waals surface area (Å²) in [5.74, 6) is 1.28. The number of benzene rings is 3. The Labute approximate surface area is 194 Å². The van der Waals surface area contributed by atoms with Gasteiger partial charge in [0, 0.05) is 16.8 Å². The van der Waals surface area contributed by atoms with E-state index in [-0.39, 0.29) is 17.4 Å². The molecule has 3 aromatic carbocycles. The minimum Gasteiger partial charge on any atom is -0.507 e. The number of carbonyl (C=O) groups excluding carboxylic acids is 1. The molecule has 4 rings (SSSR count). The summed E-state index contributed by atoms with van der Waals surface area (Å²) in [4.78, 5) is 12.3. The van der Waals surface area contributed by atoms with Crippen molar-refractivity contribution < 1.29 is 14.6 Å². The van der Waals surface area contributed by atoms with Gasteiger partial charge in [-0.3, -0.25) is 9.36 Å². The molecule has 4 aromatic rings. The van der Waals surface area contributed by atoms with Crippen LogP contribution in [0.3, 0.4) is 0 Å². The van der Waals surface area contributed by atoms with Gasteiger partial charge < -0.3 is 9.84 Å². The molecular weight excluding hydrogens is 438 g/mol. The molecule has 1 aromatic heterocycles. The number of phenolic OH excluding ortho intramolecular Hbond substituents is 1. The van der Waals surface area contributed by atoms with Gasteiger partial charge in [-0.2, -0.15) is 5.10 Å². The molecule has 9 heteroatoms. The van der Waals surface area contributed by atoms with E-state index < -0.39 is 0 Å². The van der Waals surface area contributed by atoms with E-state index in [1.54, 1.807) is 31.4 Å². The van der Waals surface area contributed by atoms with Gasteiger partial charge in [-0.05, 0) is 48.5 Å². The normalized spacial score (nSPS) is 10.9. The van der Waals surface area contributed by atoms with Gasteiger partial charge >= 0.3 is 0 Å². The van der Waals surface area contributed by atoms with Crippen molar-refractivity contribution in [1.82, 2.24) is 20.2 Å². The van der Waals surface area contributed by atoms with Gasteiger partial charge in [-0.15, -0.1) is 10.2 Å². The number of rotatable bonds is 8. The first-order chi connectivity index (χ1) is 16.2. The number of para-hydroxylation sites is 2. The van der Waals surface area contributed by atoms with Crippen LogP contribution in [0.25, 0.3) is 17.1 Å². The minimum atomic E-state index is -0.305. The third-order valence-electron chi connectivity index (χ3n) is 4.66. The molecule has 33 heavy (non-hydrogen) atoms. The molecule has 0 saturated carbocycles. The number of nitrogens with zero attached hydrogens (tertiary/aromatic N) is 4. The Kier molecular flexibility index (Phi) is 7.01. The number of thioether (sulfide) groups is 1. The quantitative estimate of drug-likeness (QED) is 0.235. The van der Waals surface area contributed by atoms with Crippen LogP contribution in [0.15, 0.2) is 89.1 Å². The molecule has 0 saturated heterocycles. The van der Waals surface area contributed by atoms with Gasteiger partial charge in [0.05, 0.1) is 19.1 Å². The molecule has 0 radical (unpaired) electrons. The van der Waals surface area contributed by atoms with Crippen molar-refractivity contribution in [2.24, 2.45) is 5.10 Å². The summed E-state index contributed by atoms with van der Waals surface area (Å²) in [6, 6.07) is 24.0. The predicted octanol–water partition coefficient (Wildman–Crippen LogP) is 3.89. The van der Waals surface area contributed by atoms with E-state index in [9.17, 15) is 9.90 Å². The van der Waals surface area contributed by atoms with Crippen LogP contribution < -0.4 is 10.2 Å². The van der Waals surface area contributed by atoms with Gasteiger partial charge in [0.25, 0.3) is 5.91 Å². The number of aromatic nitrogens is 3. The maximum atomic E-state index is 12.3. The van der Waals surface area contributed by atoms with Crippen LogP contribution in [0.1, 0.15) is 5.56 Å².